The molecule has 6 heteroatoms. The molecule has 26 heavy (non-hydrogen) atoms. The summed E-state index contributed by atoms with van der Waals surface area (Å²) in [5.74, 6) is 1.24. The highest BCUT2D eigenvalue weighted by atomic mass is 32.1. The highest BCUT2D eigenvalue weighted by Crippen LogP contribution is 2.31. The van der Waals surface area contributed by atoms with E-state index in [1.54, 1.807) is 13.3 Å². The summed E-state index contributed by atoms with van der Waals surface area (Å²) in [5.41, 5.74) is 9.78. The predicted molar refractivity (Wildman–Crippen MR) is 109 cm³/mol. The van der Waals surface area contributed by atoms with Gasteiger partial charge in [0.2, 0.25) is 0 Å². The van der Waals surface area contributed by atoms with E-state index < -0.39 is 0 Å². The van der Waals surface area contributed by atoms with Crippen molar-refractivity contribution in [3.8, 4) is 11.5 Å². The summed E-state index contributed by atoms with van der Waals surface area (Å²) in [4.78, 5) is 0. The third-order valence-electron chi connectivity index (χ3n) is 3.86. The van der Waals surface area contributed by atoms with Crippen LogP contribution in [0.2, 0.25) is 0 Å². The van der Waals surface area contributed by atoms with Gasteiger partial charge in [-0.3, -0.25) is 5.43 Å². The van der Waals surface area contributed by atoms with Crippen molar-refractivity contribution < 1.29 is 9.47 Å². The van der Waals surface area contributed by atoms with Crippen LogP contribution in [0.5, 0.6) is 11.5 Å². The predicted octanol–water partition coefficient (Wildman–Crippen LogP) is 3.59. The fourth-order valence-corrected chi connectivity index (χ4v) is 2.74. The Morgan fingerprint density at radius 1 is 1.12 bits per heavy atom. The summed E-state index contributed by atoms with van der Waals surface area (Å²) >= 11 is 4.75. The van der Waals surface area contributed by atoms with Gasteiger partial charge in [0, 0.05) is 5.56 Å². The lowest BCUT2D eigenvalue weighted by Gasteiger charge is -2.14. The van der Waals surface area contributed by atoms with Crippen LogP contribution >= 0.6 is 12.2 Å². The van der Waals surface area contributed by atoms with Gasteiger partial charge in [0.05, 0.1) is 13.3 Å². The van der Waals surface area contributed by atoms with Crippen molar-refractivity contribution >= 4 is 34.3 Å². The molecule has 3 aromatic rings. The maximum atomic E-state index is 6.10. The van der Waals surface area contributed by atoms with Crippen molar-refractivity contribution in [3.05, 3.63) is 71.8 Å². The number of benzene rings is 3. The maximum Gasteiger partial charge on any atom is 0.184 e. The molecule has 3 rings (SSSR count). The van der Waals surface area contributed by atoms with Crippen molar-refractivity contribution in [2.24, 2.45) is 10.8 Å². The van der Waals surface area contributed by atoms with Gasteiger partial charge in [-0.15, -0.1) is 0 Å². The van der Waals surface area contributed by atoms with E-state index in [1.807, 2.05) is 36.4 Å². The first-order valence-corrected chi connectivity index (χ1v) is 8.45. The SMILES string of the molecule is COc1cccc(/C=N/NC(N)=S)c1OCc1cccc2ccccc12. The number of nitrogens with one attached hydrogen (secondary N) is 1. The van der Waals surface area contributed by atoms with E-state index in [1.165, 1.54) is 5.39 Å². The molecule has 132 valence electrons. The van der Waals surface area contributed by atoms with Gasteiger partial charge in [-0.1, -0.05) is 48.5 Å². The molecule has 0 aliphatic rings. The molecule has 0 aromatic heterocycles. The van der Waals surface area contributed by atoms with Crippen LogP contribution < -0.4 is 20.6 Å². The zero-order valence-corrected chi connectivity index (χ0v) is 15.1. The Balaban J connectivity index is 1.88. The number of nitrogens with two attached hydrogens (primary N) is 1. The molecule has 0 fully saturated rings. The average molecular weight is 365 g/mol. The van der Waals surface area contributed by atoms with Gasteiger partial charge in [-0.25, -0.2) is 0 Å². The van der Waals surface area contributed by atoms with Gasteiger partial charge in [0.25, 0.3) is 0 Å². The zero-order valence-electron chi connectivity index (χ0n) is 14.3. The van der Waals surface area contributed by atoms with Crippen LogP contribution in [0.1, 0.15) is 11.1 Å². The maximum absolute atomic E-state index is 6.10. The number of ether oxygens (including phenoxy) is 2. The minimum absolute atomic E-state index is 0.0994. The fraction of sp³-hybridized carbons (Fsp3) is 0.100. The minimum atomic E-state index is 0.0994. The molecule has 0 unspecified atom stereocenters. The first-order chi connectivity index (χ1) is 12.7. The first-order valence-electron chi connectivity index (χ1n) is 8.04. The summed E-state index contributed by atoms with van der Waals surface area (Å²) < 4.78 is 11.5. The van der Waals surface area contributed by atoms with E-state index in [2.05, 4.69) is 34.8 Å². The Bertz CT molecular complexity index is 951. The number of hydrazone groups is 1. The molecule has 0 aliphatic heterocycles. The third kappa shape index (κ3) is 4.10. The van der Waals surface area contributed by atoms with Gasteiger partial charge < -0.3 is 15.2 Å². The normalized spacial score (nSPS) is 10.8. The second kappa shape index (κ2) is 8.31. The van der Waals surface area contributed by atoms with Crippen LogP contribution in [0, 0.1) is 0 Å². The number of hydrogen-bond donors (Lipinski definition) is 2. The van der Waals surface area contributed by atoms with Crippen molar-refractivity contribution in [1.82, 2.24) is 5.43 Å². The monoisotopic (exact) mass is 365 g/mol. The number of fused-ring (bicyclic) bond motifs is 1. The molecule has 5 nitrogen and oxygen atoms in total. The molecule has 0 saturated carbocycles. The lowest BCUT2D eigenvalue weighted by molar-refractivity contribution is 0.285. The second-order valence-electron chi connectivity index (χ2n) is 5.54. The Labute approximate surface area is 157 Å². The molecule has 0 amide bonds. The van der Waals surface area contributed by atoms with Gasteiger partial charge in [0.1, 0.15) is 6.61 Å². The smallest absolute Gasteiger partial charge is 0.184 e. The minimum Gasteiger partial charge on any atom is -0.493 e. The summed E-state index contributed by atoms with van der Waals surface area (Å²) in [5, 5.41) is 6.44. The average Bonchev–Trinajstić information content (AvgIpc) is 2.66. The van der Waals surface area contributed by atoms with Crippen LogP contribution in [0.4, 0.5) is 0 Å². The molecule has 0 bridgehead atoms. The van der Waals surface area contributed by atoms with Crippen molar-refractivity contribution in [2.45, 2.75) is 6.61 Å². The van der Waals surface area contributed by atoms with Gasteiger partial charge in [-0.2, -0.15) is 5.10 Å². The second-order valence-corrected chi connectivity index (χ2v) is 5.98. The molecule has 0 saturated heterocycles. The van der Waals surface area contributed by atoms with Crippen LogP contribution in [0.3, 0.4) is 0 Å². The van der Waals surface area contributed by atoms with E-state index in [4.69, 9.17) is 27.4 Å². The quantitative estimate of drug-likeness (QED) is 0.397. The molecule has 0 spiro atoms. The Kier molecular flexibility index (Phi) is 5.66. The Morgan fingerprint density at radius 2 is 1.88 bits per heavy atom. The molecule has 0 atom stereocenters. The Hall–Kier alpha value is -3.12. The molecule has 3 N–H and O–H groups in total. The summed E-state index contributed by atoms with van der Waals surface area (Å²) in [6.07, 6.45) is 1.60. The van der Waals surface area contributed by atoms with Crippen LogP contribution in [0.25, 0.3) is 10.8 Å². The molecular formula is C20H19N3O2S. The zero-order chi connectivity index (χ0) is 18.4. The van der Waals surface area contributed by atoms with Crippen molar-refractivity contribution in [3.63, 3.8) is 0 Å². The van der Waals surface area contributed by atoms with E-state index in [-0.39, 0.29) is 5.11 Å². The van der Waals surface area contributed by atoms with Crippen molar-refractivity contribution in [2.75, 3.05) is 7.11 Å². The van der Waals surface area contributed by atoms with Gasteiger partial charge >= 0.3 is 0 Å². The van der Waals surface area contributed by atoms with Crippen molar-refractivity contribution in [1.29, 1.82) is 0 Å². The third-order valence-corrected chi connectivity index (χ3v) is 3.95. The first kappa shape index (κ1) is 17.7. The topological polar surface area (TPSA) is 68.9 Å². The summed E-state index contributed by atoms with van der Waals surface area (Å²) in [6.45, 7) is 0.408. The Morgan fingerprint density at radius 3 is 2.69 bits per heavy atom. The summed E-state index contributed by atoms with van der Waals surface area (Å²) in [7, 11) is 1.61. The van der Waals surface area contributed by atoms with Gasteiger partial charge in [0.15, 0.2) is 16.6 Å². The molecular weight excluding hydrogens is 346 g/mol. The molecule has 3 aromatic carbocycles. The van der Waals surface area contributed by atoms with E-state index in [0.29, 0.717) is 18.1 Å². The van der Waals surface area contributed by atoms with Crippen LogP contribution in [0.15, 0.2) is 65.8 Å². The number of para-hydroxylation sites is 1. The number of methoxy groups -OCH3 is 1. The lowest BCUT2D eigenvalue weighted by atomic mass is 10.1. The number of nitrogens with zero attached hydrogens (tertiary/aromatic N) is 1. The van der Waals surface area contributed by atoms with Gasteiger partial charge in [-0.05, 0) is 40.7 Å². The van der Waals surface area contributed by atoms with E-state index in [9.17, 15) is 0 Å². The van der Waals surface area contributed by atoms with E-state index >= 15 is 0 Å². The number of thiocarbonyl (C=S) groups is 1. The number of rotatable bonds is 6. The largest absolute Gasteiger partial charge is 0.493 e. The molecule has 0 heterocycles. The lowest BCUT2D eigenvalue weighted by Crippen LogP contribution is -2.24. The molecule has 0 radical (unpaired) electrons. The fourth-order valence-electron chi connectivity index (χ4n) is 2.68. The van der Waals surface area contributed by atoms with E-state index in [0.717, 1.165) is 16.5 Å². The standard InChI is InChI=1S/C20H19N3O2S/c1-24-18-11-5-8-15(12-22-23-20(21)26)19(18)25-13-16-9-4-7-14-6-2-3-10-17(14)16/h2-12H,13H2,1H3,(H3,21,23,26)/b22-12+. The van der Waals surface area contributed by atoms with Crippen LogP contribution in [-0.2, 0) is 6.61 Å². The highest BCUT2D eigenvalue weighted by molar-refractivity contribution is 7.80. The molecule has 0 aliphatic carbocycles. The van der Waals surface area contributed by atoms with Crippen LogP contribution in [-0.4, -0.2) is 18.4 Å². The number of hydrogen-bond acceptors (Lipinski definition) is 4. The highest BCUT2D eigenvalue weighted by Gasteiger charge is 2.10. The summed E-state index contributed by atoms with van der Waals surface area (Å²) in [6, 6.07) is 20.0.